The standard InChI is InChI=1S/C14H21N3O4S/c1-3-21-8-11-5-7-22(19,20)14(11)9-17(10-14)13(18)12-4-6-15-16(12)2/h4,6,11H,3,5,7-10H2,1-2H3. The van der Waals surface area contributed by atoms with Crippen LogP contribution in [-0.2, 0) is 21.6 Å². The van der Waals surface area contributed by atoms with Crippen LogP contribution >= 0.6 is 0 Å². The Kier molecular flexibility index (Phi) is 3.76. The summed E-state index contributed by atoms with van der Waals surface area (Å²) in [6, 6.07) is 1.65. The van der Waals surface area contributed by atoms with Gasteiger partial charge in [-0.1, -0.05) is 0 Å². The summed E-state index contributed by atoms with van der Waals surface area (Å²) >= 11 is 0. The van der Waals surface area contributed by atoms with Crippen LogP contribution in [0.3, 0.4) is 0 Å². The van der Waals surface area contributed by atoms with Gasteiger partial charge in [0.15, 0.2) is 9.84 Å². The van der Waals surface area contributed by atoms with Gasteiger partial charge in [-0.25, -0.2) is 8.42 Å². The van der Waals surface area contributed by atoms with Gasteiger partial charge in [0, 0.05) is 38.9 Å². The number of carbonyl (C=O) groups excluding carboxylic acids is 1. The molecule has 2 fully saturated rings. The van der Waals surface area contributed by atoms with Crippen molar-refractivity contribution < 1.29 is 17.9 Å². The fraction of sp³-hybridized carbons (Fsp3) is 0.714. The molecule has 1 spiro atoms. The van der Waals surface area contributed by atoms with Crippen LogP contribution in [0.5, 0.6) is 0 Å². The van der Waals surface area contributed by atoms with Gasteiger partial charge in [0.2, 0.25) is 0 Å². The molecule has 7 nitrogen and oxygen atoms in total. The van der Waals surface area contributed by atoms with Crippen molar-refractivity contribution in [2.45, 2.75) is 18.1 Å². The lowest BCUT2D eigenvalue weighted by molar-refractivity contribution is 0.0263. The highest BCUT2D eigenvalue weighted by molar-refractivity contribution is 7.93. The lowest BCUT2D eigenvalue weighted by atomic mass is 9.83. The van der Waals surface area contributed by atoms with Crippen LogP contribution in [0.1, 0.15) is 23.8 Å². The monoisotopic (exact) mass is 327 g/mol. The van der Waals surface area contributed by atoms with E-state index in [1.54, 1.807) is 24.2 Å². The van der Waals surface area contributed by atoms with Crippen LogP contribution in [0.15, 0.2) is 12.3 Å². The number of nitrogens with zero attached hydrogens (tertiary/aromatic N) is 3. The molecule has 0 aliphatic carbocycles. The molecule has 1 amide bonds. The number of hydrogen-bond donors (Lipinski definition) is 0. The van der Waals surface area contributed by atoms with Gasteiger partial charge >= 0.3 is 0 Å². The molecule has 1 aromatic heterocycles. The largest absolute Gasteiger partial charge is 0.381 e. The van der Waals surface area contributed by atoms with E-state index in [-0.39, 0.29) is 30.7 Å². The highest BCUT2D eigenvalue weighted by atomic mass is 32.2. The maximum atomic E-state index is 12.4. The zero-order valence-corrected chi connectivity index (χ0v) is 13.7. The highest BCUT2D eigenvalue weighted by Crippen LogP contribution is 2.45. The summed E-state index contributed by atoms with van der Waals surface area (Å²) in [5.74, 6) is 0.00861. The van der Waals surface area contributed by atoms with Crippen LogP contribution < -0.4 is 0 Å². The van der Waals surface area contributed by atoms with E-state index in [1.807, 2.05) is 6.92 Å². The quantitative estimate of drug-likeness (QED) is 0.782. The molecule has 0 bridgehead atoms. The lowest BCUT2D eigenvalue weighted by Gasteiger charge is -2.49. The fourth-order valence-corrected chi connectivity index (χ4v) is 5.86. The van der Waals surface area contributed by atoms with Crippen molar-refractivity contribution in [2.75, 3.05) is 32.1 Å². The van der Waals surface area contributed by atoms with Crippen LogP contribution in [0, 0.1) is 5.92 Å². The van der Waals surface area contributed by atoms with Crippen molar-refractivity contribution in [3.8, 4) is 0 Å². The second kappa shape index (κ2) is 5.34. The first-order chi connectivity index (χ1) is 10.4. The third kappa shape index (κ3) is 2.16. The van der Waals surface area contributed by atoms with Gasteiger partial charge in [-0.15, -0.1) is 0 Å². The Labute approximate surface area is 130 Å². The number of likely N-dealkylation sites (tertiary alicyclic amines) is 1. The SMILES string of the molecule is CCOCC1CCS(=O)(=O)C12CN(C(=O)c1ccnn1C)C2. The third-order valence-electron chi connectivity index (χ3n) is 4.87. The summed E-state index contributed by atoms with van der Waals surface area (Å²) in [6.45, 7) is 3.44. The van der Waals surface area contributed by atoms with Crippen LogP contribution in [0.25, 0.3) is 0 Å². The molecule has 0 aromatic carbocycles. The molecule has 0 radical (unpaired) electrons. The zero-order chi connectivity index (χ0) is 16.0. The third-order valence-corrected chi connectivity index (χ3v) is 7.47. The Bertz CT molecular complexity index is 676. The number of aryl methyl sites for hydroxylation is 1. The summed E-state index contributed by atoms with van der Waals surface area (Å²) < 4.78 is 31.0. The molecule has 22 heavy (non-hydrogen) atoms. The smallest absolute Gasteiger partial charge is 0.272 e. The van der Waals surface area contributed by atoms with Crippen molar-refractivity contribution in [2.24, 2.45) is 13.0 Å². The van der Waals surface area contributed by atoms with E-state index >= 15 is 0 Å². The number of rotatable bonds is 4. The Hall–Kier alpha value is -1.41. The Balaban J connectivity index is 1.76. The first-order valence-corrected chi connectivity index (χ1v) is 9.14. The van der Waals surface area contributed by atoms with E-state index in [9.17, 15) is 13.2 Å². The second-order valence-electron chi connectivity index (χ2n) is 6.03. The van der Waals surface area contributed by atoms with Crippen LogP contribution in [0.4, 0.5) is 0 Å². The molecule has 1 unspecified atom stereocenters. The van der Waals surface area contributed by atoms with Gasteiger partial charge in [-0.2, -0.15) is 5.10 Å². The van der Waals surface area contributed by atoms with E-state index in [0.717, 1.165) is 0 Å². The molecule has 2 saturated heterocycles. The predicted octanol–water partition coefficient (Wildman–Crippen LogP) is 0.0859. The normalized spacial score (nSPS) is 25.4. The topological polar surface area (TPSA) is 81.5 Å². The van der Waals surface area contributed by atoms with Gasteiger partial charge < -0.3 is 9.64 Å². The van der Waals surface area contributed by atoms with Crippen molar-refractivity contribution in [3.63, 3.8) is 0 Å². The van der Waals surface area contributed by atoms with E-state index in [2.05, 4.69) is 5.10 Å². The molecule has 8 heteroatoms. The zero-order valence-electron chi connectivity index (χ0n) is 12.9. The number of ether oxygens (including phenoxy) is 1. The maximum absolute atomic E-state index is 12.4. The van der Waals surface area contributed by atoms with Crippen LogP contribution in [0.2, 0.25) is 0 Å². The molecular formula is C14H21N3O4S. The first-order valence-electron chi connectivity index (χ1n) is 7.48. The summed E-state index contributed by atoms with van der Waals surface area (Å²) in [6.07, 6.45) is 2.18. The molecule has 0 N–H and O–H groups in total. The van der Waals surface area contributed by atoms with Crippen LogP contribution in [-0.4, -0.2) is 65.8 Å². The number of aromatic nitrogens is 2. The van der Waals surface area contributed by atoms with Gasteiger partial charge in [0.05, 0.1) is 12.4 Å². The minimum Gasteiger partial charge on any atom is -0.381 e. The number of sulfone groups is 1. The van der Waals surface area contributed by atoms with Crippen molar-refractivity contribution in [1.29, 1.82) is 0 Å². The number of hydrogen-bond acceptors (Lipinski definition) is 5. The van der Waals surface area contributed by atoms with E-state index in [1.165, 1.54) is 4.68 Å². The molecule has 0 saturated carbocycles. The van der Waals surface area contributed by atoms with Gasteiger partial charge in [0.1, 0.15) is 10.4 Å². The predicted molar refractivity (Wildman–Crippen MR) is 80.2 cm³/mol. The molecular weight excluding hydrogens is 306 g/mol. The Morgan fingerprint density at radius 1 is 1.50 bits per heavy atom. The second-order valence-corrected chi connectivity index (χ2v) is 8.48. The maximum Gasteiger partial charge on any atom is 0.272 e. The summed E-state index contributed by atoms with van der Waals surface area (Å²) in [5.41, 5.74) is 0.478. The average molecular weight is 327 g/mol. The fourth-order valence-electron chi connectivity index (χ4n) is 3.46. The molecule has 2 aliphatic rings. The lowest BCUT2D eigenvalue weighted by Crippen LogP contribution is -2.68. The van der Waals surface area contributed by atoms with E-state index in [0.29, 0.717) is 25.3 Å². The average Bonchev–Trinajstić information content (AvgIpc) is 2.95. The molecule has 2 aliphatic heterocycles. The summed E-state index contributed by atoms with van der Waals surface area (Å²) in [5, 5.41) is 3.98. The molecule has 122 valence electrons. The molecule has 3 heterocycles. The van der Waals surface area contributed by atoms with Gasteiger partial charge in [0.25, 0.3) is 5.91 Å². The number of carbonyl (C=O) groups is 1. The minimum atomic E-state index is -3.17. The summed E-state index contributed by atoms with van der Waals surface area (Å²) in [4.78, 5) is 14.0. The summed E-state index contributed by atoms with van der Waals surface area (Å²) in [7, 11) is -1.47. The van der Waals surface area contributed by atoms with E-state index < -0.39 is 14.6 Å². The number of amides is 1. The Morgan fingerprint density at radius 3 is 2.82 bits per heavy atom. The molecule has 1 aromatic rings. The van der Waals surface area contributed by atoms with Gasteiger partial charge in [-0.05, 0) is 19.4 Å². The minimum absolute atomic E-state index is 0.0203. The molecule has 3 rings (SSSR count). The first kappa shape index (κ1) is 15.5. The van der Waals surface area contributed by atoms with Crippen molar-refractivity contribution in [3.05, 3.63) is 18.0 Å². The molecule has 1 atom stereocenters. The Morgan fingerprint density at radius 2 is 2.23 bits per heavy atom. The van der Waals surface area contributed by atoms with E-state index in [4.69, 9.17) is 4.74 Å². The van der Waals surface area contributed by atoms with Crippen molar-refractivity contribution in [1.82, 2.24) is 14.7 Å². The van der Waals surface area contributed by atoms with Crippen molar-refractivity contribution >= 4 is 15.7 Å². The highest BCUT2D eigenvalue weighted by Gasteiger charge is 2.62. The van der Waals surface area contributed by atoms with Gasteiger partial charge in [-0.3, -0.25) is 9.48 Å².